The van der Waals surface area contributed by atoms with Gasteiger partial charge in [-0.2, -0.15) is 0 Å². The van der Waals surface area contributed by atoms with Crippen LogP contribution in [0.3, 0.4) is 0 Å². The summed E-state index contributed by atoms with van der Waals surface area (Å²) in [6.07, 6.45) is 0.306. The number of rotatable bonds is 4. The van der Waals surface area contributed by atoms with E-state index in [1.165, 1.54) is 0 Å². The van der Waals surface area contributed by atoms with E-state index in [4.69, 9.17) is 16.0 Å². The Morgan fingerprint density at radius 2 is 1.75 bits per heavy atom. The van der Waals surface area contributed by atoms with Crippen LogP contribution in [-0.2, 0) is 11.2 Å². The molecule has 1 N–H and O–H groups in total. The second kappa shape index (κ2) is 6.89. The molecule has 0 unspecified atom stereocenters. The molecule has 5 heteroatoms. The van der Waals surface area contributed by atoms with Crippen molar-refractivity contribution in [1.29, 1.82) is 0 Å². The topological polar surface area (TPSA) is 55.1 Å². The van der Waals surface area contributed by atoms with Gasteiger partial charge in [-0.15, -0.1) is 0 Å². The summed E-state index contributed by atoms with van der Waals surface area (Å²) in [6.45, 7) is 3.71. The van der Waals surface area contributed by atoms with E-state index in [1.54, 1.807) is 12.1 Å². The summed E-state index contributed by atoms with van der Waals surface area (Å²) in [4.78, 5) is 16.5. The lowest BCUT2D eigenvalue weighted by Gasteiger charge is -2.06. The van der Waals surface area contributed by atoms with Crippen LogP contribution in [0.2, 0.25) is 5.02 Å². The van der Waals surface area contributed by atoms with E-state index < -0.39 is 0 Å². The molecular weight excluding hydrogens is 324 g/mol. The fourth-order valence-electron chi connectivity index (χ4n) is 2.50. The van der Waals surface area contributed by atoms with Crippen LogP contribution in [0.1, 0.15) is 17.2 Å². The maximum absolute atomic E-state index is 12.1. The Morgan fingerprint density at radius 3 is 2.33 bits per heavy atom. The fourth-order valence-corrected chi connectivity index (χ4v) is 2.63. The number of halogens is 1. The normalized spacial score (nSPS) is 10.6. The zero-order valence-corrected chi connectivity index (χ0v) is 14.2. The van der Waals surface area contributed by atoms with Gasteiger partial charge in [0.05, 0.1) is 6.42 Å². The monoisotopic (exact) mass is 340 g/mol. The molecule has 0 aliphatic rings. The van der Waals surface area contributed by atoms with Crippen LogP contribution in [0.15, 0.2) is 52.9 Å². The summed E-state index contributed by atoms with van der Waals surface area (Å²) in [7, 11) is 0. The molecule has 1 aromatic heterocycles. The zero-order chi connectivity index (χ0) is 17.1. The average molecular weight is 341 g/mol. The number of amides is 1. The van der Waals surface area contributed by atoms with Gasteiger partial charge in [-0.25, -0.2) is 4.98 Å². The quantitative estimate of drug-likeness (QED) is 0.742. The van der Waals surface area contributed by atoms with Gasteiger partial charge in [0.2, 0.25) is 5.91 Å². The predicted molar refractivity (Wildman–Crippen MR) is 95.2 cm³/mol. The average Bonchev–Trinajstić information content (AvgIpc) is 2.89. The number of benzene rings is 2. The zero-order valence-electron chi connectivity index (χ0n) is 13.5. The number of hydrogen-bond acceptors (Lipinski definition) is 3. The minimum atomic E-state index is -0.0708. The summed E-state index contributed by atoms with van der Waals surface area (Å²) in [5.41, 5.74) is 3.45. The largest absolute Gasteiger partial charge is 0.446 e. The lowest BCUT2D eigenvalue weighted by atomic mass is 10.1. The van der Waals surface area contributed by atoms with Crippen LogP contribution in [0.5, 0.6) is 0 Å². The molecular formula is C19H17ClN2O2. The molecule has 0 spiro atoms. The number of nitrogens with one attached hydrogen (secondary N) is 1. The van der Waals surface area contributed by atoms with Crippen molar-refractivity contribution in [3.63, 3.8) is 0 Å². The molecule has 2 aromatic carbocycles. The number of aryl methyl sites for hydroxylation is 2. The highest BCUT2D eigenvalue weighted by atomic mass is 35.5. The number of nitrogens with zero attached hydrogens (tertiary/aromatic N) is 1. The highest BCUT2D eigenvalue weighted by Crippen LogP contribution is 2.24. The number of hydrogen-bond donors (Lipinski definition) is 1. The van der Waals surface area contributed by atoms with Crippen molar-refractivity contribution in [2.45, 2.75) is 20.3 Å². The third-order valence-electron chi connectivity index (χ3n) is 3.62. The number of oxazole rings is 1. The SMILES string of the molecule is Cc1nc(-c2ccc(NC(=O)Cc3ccc(Cl)cc3)cc2)c(C)o1. The summed E-state index contributed by atoms with van der Waals surface area (Å²) in [5.74, 6) is 1.36. The Labute approximate surface area is 145 Å². The molecule has 0 saturated heterocycles. The highest BCUT2D eigenvalue weighted by molar-refractivity contribution is 6.30. The van der Waals surface area contributed by atoms with Gasteiger partial charge in [-0.05, 0) is 36.8 Å². The van der Waals surface area contributed by atoms with Crippen molar-refractivity contribution in [2.75, 3.05) is 5.32 Å². The fraction of sp³-hybridized carbons (Fsp3) is 0.158. The smallest absolute Gasteiger partial charge is 0.228 e. The molecule has 3 aromatic rings. The Morgan fingerprint density at radius 1 is 1.08 bits per heavy atom. The van der Waals surface area contributed by atoms with Gasteiger partial charge in [-0.1, -0.05) is 35.9 Å². The Bertz CT molecular complexity index is 852. The molecule has 0 fully saturated rings. The van der Waals surface area contributed by atoms with Crippen LogP contribution in [-0.4, -0.2) is 10.9 Å². The third-order valence-corrected chi connectivity index (χ3v) is 3.88. The van der Waals surface area contributed by atoms with E-state index >= 15 is 0 Å². The van der Waals surface area contributed by atoms with Crippen molar-refractivity contribution in [1.82, 2.24) is 4.98 Å². The molecule has 0 aliphatic heterocycles. The van der Waals surface area contributed by atoms with E-state index in [0.29, 0.717) is 17.3 Å². The minimum Gasteiger partial charge on any atom is -0.446 e. The van der Waals surface area contributed by atoms with Gasteiger partial charge in [0, 0.05) is 23.2 Å². The van der Waals surface area contributed by atoms with E-state index in [-0.39, 0.29) is 5.91 Å². The van der Waals surface area contributed by atoms with Gasteiger partial charge in [0.1, 0.15) is 11.5 Å². The molecule has 4 nitrogen and oxygen atoms in total. The van der Waals surface area contributed by atoms with Crippen molar-refractivity contribution in [2.24, 2.45) is 0 Å². The third kappa shape index (κ3) is 3.84. The van der Waals surface area contributed by atoms with Crippen LogP contribution >= 0.6 is 11.6 Å². The van der Waals surface area contributed by atoms with Gasteiger partial charge >= 0.3 is 0 Å². The van der Waals surface area contributed by atoms with Crippen LogP contribution in [0.4, 0.5) is 5.69 Å². The number of aromatic nitrogens is 1. The van der Waals surface area contributed by atoms with E-state index in [1.807, 2.05) is 50.2 Å². The molecule has 1 amide bonds. The van der Waals surface area contributed by atoms with Crippen molar-refractivity contribution in [3.8, 4) is 11.3 Å². The molecule has 1 heterocycles. The Hall–Kier alpha value is -2.59. The lowest BCUT2D eigenvalue weighted by molar-refractivity contribution is -0.115. The predicted octanol–water partition coefficient (Wildman–Crippen LogP) is 4.79. The first-order chi connectivity index (χ1) is 11.5. The van der Waals surface area contributed by atoms with Crippen molar-refractivity contribution >= 4 is 23.2 Å². The van der Waals surface area contributed by atoms with Gasteiger partial charge in [-0.3, -0.25) is 4.79 Å². The molecule has 0 bridgehead atoms. The molecule has 0 atom stereocenters. The van der Waals surface area contributed by atoms with Gasteiger partial charge in [0.15, 0.2) is 5.89 Å². The maximum Gasteiger partial charge on any atom is 0.228 e. The first-order valence-corrected chi connectivity index (χ1v) is 7.98. The van der Waals surface area contributed by atoms with Crippen molar-refractivity contribution < 1.29 is 9.21 Å². The minimum absolute atomic E-state index is 0.0708. The Balaban J connectivity index is 1.66. The first-order valence-electron chi connectivity index (χ1n) is 7.60. The molecule has 122 valence electrons. The van der Waals surface area contributed by atoms with Gasteiger partial charge < -0.3 is 9.73 Å². The van der Waals surface area contributed by atoms with Crippen LogP contribution in [0, 0.1) is 13.8 Å². The number of carbonyl (C=O) groups is 1. The summed E-state index contributed by atoms with van der Waals surface area (Å²) in [6, 6.07) is 14.8. The molecule has 0 aliphatic carbocycles. The lowest BCUT2D eigenvalue weighted by Crippen LogP contribution is -2.14. The van der Waals surface area contributed by atoms with E-state index in [9.17, 15) is 4.79 Å². The Kier molecular flexibility index (Phi) is 4.67. The summed E-state index contributed by atoms with van der Waals surface area (Å²) < 4.78 is 5.45. The molecule has 0 saturated carbocycles. The number of anilines is 1. The molecule has 3 rings (SSSR count). The van der Waals surface area contributed by atoms with Crippen LogP contribution in [0.25, 0.3) is 11.3 Å². The van der Waals surface area contributed by atoms with Gasteiger partial charge in [0.25, 0.3) is 0 Å². The second-order valence-electron chi connectivity index (χ2n) is 5.57. The standard InChI is InChI=1S/C19H17ClN2O2/c1-12-19(21-13(2)24-12)15-5-9-17(10-6-15)22-18(23)11-14-3-7-16(20)8-4-14/h3-10H,11H2,1-2H3,(H,22,23). The van der Waals surface area contributed by atoms with Crippen molar-refractivity contribution in [3.05, 3.63) is 70.8 Å². The molecule has 24 heavy (non-hydrogen) atoms. The molecule has 0 radical (unpaired) electrons. The first kappa shape index (κ1) is 16.3. The van der Waals surface area contributed by atoms with E-state index in [2.05, 4.69) is 10.3 Å². The van der Waals surface area contributed by atoms with Crippen LogP contribution < -0.4 is 5.32 Å². The maximum atomic E-state index is 12.1. The van der Waals surface area contributed by atoms with E-state index in [0.717, 1.165) is 28.3 Å². The highest BCUT2D eigenvalue weighted by Gasteiger charge is 2.10. The summed E-state index contributed by atoms with van der Waals surface area (Å²) >= 11 is 5.84. The second-order valence-corrected chi connectivity index (χ2v) is 6.00. The summed E-state index contributed by atoms with van der Waals surface area (Å²) in [5, 5.41) is 3.55. The number of carbonyl (C=O) groups excluding carboxylic acids is 1.